The molecule has 0 heterocycles. The molecule has 2 aromatic rings. The number of thiocarbonyl (C=S) groups is 1. The first-order valence-electron chi connectivity index (χ1n) is 5.82. The van der Waals surface area contributed by atoms with Crippen LogP contribution in [0.1, 0.15) is 5.56 Å². The van der Waals surface area contributed by atoms with Gasteiger partial charge in [0.15, 0.2) is 5.11 Å². The Morgan fingerprint density at radius 1 is 1.10 bits per heavy atom. The lowest BCUT2D eigenvalue weighted by Crippen LogP contribution is -2.23. The summed E-state index contributed by atoms with van der Waals surface area (Å²) in [4.78, 5) is 0. The molecule has 5 nitrogen and oxygen atoms in total. The van der Waals surface area contributed by atoms with Crippen LogP contribution >= 0.6 is 12.2 Å². The Bertz CT molecular complexity index is 630. The van der Waals surface area contributed by atoms with Gasteiger partial charge in [0.25, 0.3) is 0 Å². The zero-order valence-electron chi connectivity index (χ0n) is 10.4. The molecule has 0 saturated carbocycles. The molecule has 0 aliphatic carbocycles. The second-order valence-corrected chi connectivity index (χ2v) is 4.34. The van der Waals surface area contributed by atoms with E-state index in [-0.39, 0.29) is 11.5 Å². The molecule has 0 aromatic heterocycles. The van der Waals surface area contributed by atoms with Crippen LogP contribution in [0.3, 0.4) is 0 Å². The zero-order chi connectivity index (χ0) is 14.4. The molecule has 6 heteroatoms. The number of benzene rings is 2. The normalized spacial score (nSPS) is 10.4. The van der Waals surface area contributed by atoms with Crippen molar-refractivity contribution in [3.05, 3.63) is 54.1 Å². The lowest BCUT2D eigenvalue weighted by Gasteiger charge is -2.06. The maximum Gasteiger partial charge on any atom is 0.191 e. The van der Waals surface area contributed by atoms with E-state index >= 15 is 0 Å². The summed E-state index contributed by atoms with van der Waals surface area (Å²) in [6.45, 7) is 0. The van der Waals surface area contributed by atoms with Gasteiger partial charge in [0, 0.05) is 17.3 Å². The summed E-state index contributed by atoms with van der Waals surface area (Å²) < 4.78 is 0. The lowest BCUT2D eigenvalue weighted by atomic mass is 10.2. The summed E-state index contributed by atoms with van der Waals surface area (Å²) in [5.74, 6) is -0.0636. The number of nitrogens with zero attached hydrogens (tertiary/aromatic N) is 1. The van der Waals surface area contributed by atoms with Gasteiger partial charge >= 0.3 is 0 Å². The van der Waals surface area contributed by atoms with Crippen molar-refractivity contribution in [1.29, 1.82) is 0 Å². The lowest BCUT2D eigenvalue weighted by molar-refractivity contribution is 0.450. The van der Waals surface area contributed by atoms with Crippen molar-refractivity contribution < 1.29 is 10.2 Å². The maximum absolute atomic E-state index is 9.56. The Kier molecular flexibility index (Phi) is 4.52. The fraction of sp³-hybridized carbons (Fsp3) is 0. The highest BCUT2D eigenvalue weighted by atomic mass is 32.1. The number of nitrogens with one attached hydrogen (secondary N) is 2. The minimum atomic E-state index is -0.0579. The van der Waals surface area contributed by atoms with Gasteiger partial charge in [-0.2, -0.15) is 5.10 Å². The third-order valence-electron chi connectivity index (χ3n) is 2.42. The van der Waals surface area contributed by atoms with Crippen LogP contribution in [0.5, 0.6) is 11.5 Å². The SMILES string of the molecule is Oc1ccc(/C=N/NC(=S)Nc2ccccc2)c(O)c1. The van der Waals surface area contributed by atoms with E-state index < -0.39 is 0 Å². The summed E-state index contributed by atoms with van der Waals surface area (Å²) in [5, 5.41) is 25.9. The summed E-state index contributed by atoms with van der Waals surface area (Å²) in [6.07, 6.45) is 1.41. The molecular weight excluding hydrogens is 274 g/mol. The molecule has 0 bridgehead atoms. The number of phenols is 2. The number of hydrazone groups is 1. The van der Waals surface area contributed by atoms with E-state index in [9.17, 15) is 5.11 Å². The number of aromatic hydroxyl groups is 2. The number of anilines is 1. The van der Waals surface area contributed by atoms with Gasteiger partial charge in [-0.15, -0.1) is 0 Å². The van der Waals surface area contributed by atoms with E-state index in [4.69, 9.17) is 17.3 Å². The highest BCUT2D eigenvalue weighted by Gasteiger charge is 1.99. The third-order valence-corrected chi connectivity index (χ3v) is 2.61. The first-order chi connectivity index (χ1) is 9.65. The average molecular weight is 287 g/mol. The van der Waals surface area contributed by atoms with Crippen molar-refractivity contribution in [2.24, 2.45) is 5.10 Å². The third kappa shape index (κ3) is 3.96. The molecule has 0 atom stereocenters. The highest BCUT2D eigenvalue weighted by Crippen LogP contribution is 2.20. The molecule has 20 heavy (non-hydrogen) atoms. The fourth-order valence-corrected chi connectivity index (χ4v) is 1.65. The summed E-state index contributed by atoms with van der Waals surface area (Å²) in [6, 6.07) is 13.7. The van der Waals surface area contributed by atoms with E-state index in [1.807, 2.05) is 30.3 Å². The molecule has 0 spiro atoms. The van der Waals surface area contributed by atoms with E-state index in [0.717, 1.165) is 5.69 Å². The van der Waals surface area contributed by atoms with Crippen molar-refractivity contribution in [2.45, 2.75) is 0 Å². The van der Waals surface area contributed by atoms with Gasteiger partial charge in [-0.3, -0.25) is 5.43 Å². The second kappa shape index (κ2) is 6.53. The molecule has 4 N–H and O–H groups in total. The van der Waals surface area contributed by atoms with Crippen LogP contribution in [0, 0.1) is 0 Å². The number of hydrogen-bond acceptors (Lipinski definition) is 4. The molecule has 2 rings (SSSR count). The van der Waals surface area contributed by atoms with Crippen LogP contribution in [0.25, 0.3) is 0 Å². The zero-order valence-corrected chi connectivity index (χ0v) is 11.3. The van der Waals surface area contributed by atoms with Crippen LogP contribution < -0.4 is 10.7 Å². The molecule has 0 saturated heterocycles. The Morgan fingerprint density at radius 2 is 1.85 bits per heavy atom. The van der Waals surface area contributed by atoms with Gasteiger partial charge in [0.05, 0.1) is 6.21 Å². The molecule has 0 aliphatic rings. The van der Waals surface area contributed by atoms with Crippen molar-refractivity contribution >= 4 is 29.2 Å². The molecule has 0 aliphatic heterocycles. The average Bonchev–Trinajstić information content (AvgIpc) is 2.42. The van der Waals surface area contributed by atoms with Gasteiger partial charge in [-0.25, -0.2) is 0 Å². The van der Waals surface area contributed by atoms with Gasteiger partial charge in [0.2, 0.25) is 0 Å². The number of hydrogen-bond donors (Lipinski definition) is 4. The summed E-state index contributed by atoms with van der Waals surface area (Å²) in [7, 11) is 0. The van der Waals surface area contributed by atoms with Crippen molar-refractivity contribution in [3.63, 3.8) is 0 Å². The van der Waals surface area contributed by atoms with Crippen LogP contribution in [-0.4, -0.2) is 21.5 Å². The minimum Gasteiger partial charge on any atom is -0.508 e. The molecule has 0 radical (unpaired) electrons. The summed E-state index contributed by atoms with van der Waals surface area (Å²) >= 11 is 5.07. The Balaban J connectivity index is 1.91. The fourth-order valence-electron chi connectivity index (χ4n) is 1.48. The standard InChI is InChI=1S/C14H13N3O2S/c18-12-7-6-10(13(19)8-12)9-15-17-14(20)16-11-4-2-1-3-5-11/h1-9,18-19H,(H2,16,17,20)/b15-9+. The number of phenolic OH excluding ortho intramolecular Hbond substituents is 2. The monoisotopic (exact) mass is 287 g/mol. The first-order valence-corrected chi connectivity index (χ1v) is 6.23. The van der Waals surface area contributed by atoms with Crippen molar-refractivity contribution in [3.8, 4) is 11.5 Å². The topological polar surface area (TPSA) is 76.9 Å². The Hall–Kier alpha value is -2.60. The van der Waals surface area contributed by atoms with E-state index in [2.05, 4.69) is 15.8 Å². The maximum atomic E-state index is 9.56. The van der Waals surface area contributed by atoms with Crippen molar-refractivity contribution in [1.82, 2.24) is 5.43 Å². The molecular formula is C14H13N3O2S. The Labute approximate surface area is 121 Å². The van der Waals surface area contributed by atoms with Crippen LogP contribution in [0.2, 0.25) is 0 Å². The number of para-hydroxylation sites is 1. The van der Waals surface area contributed by atoms with Crippen LogP contribution in [0.15, 0.2) is 53.6 Å². The van der Waals surface area contributed by atoms with Gasteiger partial charge < -0.3 is 15.5 Å². The highest BCUT2D eigenvalue weighted by molar-refractivity contribution is 7.80. The van der Waals surface area contributed by atoms with Gasteiger partial charge in [-0.1, -0.05) is 18.2 Å². The molecule has 2 aromatic carbocycles. The van der Waals surface area contributed by atoms with Gasteiger partial charge in [0.1, 0.15) is 11.5 Å². The predicted molar refractivity (Wildman–Crippen MR) is 83.2 cm³/mol. The minimum absolute atomic E-state index is 0.00567. The molecule has 0 fully saturated rings. The molecule has 0 amide bonds. The van der Waals surface area contributed by atoms with Crippen LogP contribution in [-0.2, 0) is 0 Å². The second-order valence-electron chi connectivity index (χ2n) is 3.93. The smallest absolute Gasteiger partial charge is 0.191 e. The largest absolute Gasteiger partial charge is 0.508 e. The van der Waals surface area contributed by atoms with Crippen molar-refractivity contribution in [2.75, 3.05) is 5.32 Å². The predicted octanol–water partition coefficient (Wildman–Crippen LogP) is 2.42. The van der Waals surface area contributed by atoms with Gasteiger partial charge in [-0.05, 0) is 36.5 Å². The first kappa shape index (κ1) is 13.8. The Morgan fingerprint density at radius 3 is 2.55 bits per heavy atom. The van der Waals surface area contributed by atoms with E-state index in [1.165, 1.54) is 18.3 Å². The van der Waals surface area contributed by atoms with E-state index in [1.54, 1.807) is 6.07 Å². The van der Waals surface area contributed by atoms with Crippen LogP contribution in [0.4, 0.5) is 5.69 Å². The van der Waals surface area contributed by atoms with E-state index in [0.29, 0.717) is 10.7 Å². The molecule has 102 valence electrons. The number of rotatable bonds is 3. The summed E-state index contributed by atoms with van der Waals surface area (Å²) in [5.41, 5.74) is 3.96. The molecule has 0 unspecified atom stereocenters. The quantitative estimate of drug-likeness (QED) is 0.396.